The molecule has 0 bridgehead atoms. The Balaban J connectivity index is 1.91. The van der Waals surface area contributed by atoms with Crippen molar-refractivity contribution in [1.82, 2.24) is 10.2 Å². The van der Waals surface area contributed by atoms with E-state index in [2.05, 4.69) is 5.32 Å². The predicted molar refractivity (Wildman–Crippen MR) is 146 cm³/mol. The van der Waals surface area contributed by atoms with E-state index in [0.717, 1.165) is 47.4 Å². The number of anilines is 1. The molecule has 1 atom stereocenters. The van der Waals surface area contributed by atoms with Crippen LogP contribution in [0.5, 0.6) is 5.75 Å². The maximum atomic E-state index is 13.8. The third-order valence-electron chi connectivity index (χ3n) is 6.83. The maximum absolute atomic E-state index is 13.8. The first-order valence-electron chi connectivity index (χ1n) is 12.9. The molecule has 0 saturated heterocycles. The summed E-state index contributed by atoms with van der Waals surface area (Å²) < 4.78 is 31.8. The van der Waals surface area contributed by atoms with Gasteiger partial charge in [0, 0.05) is 18.7 Å². The molecule has 1 unspecified atom stereocenters. The van der Waals surface area contributed by atoms with Gasteiger partial charge in [-0.1, -0.05) is 62.1 Å². The van der Waals surface area contributed by atoms with Crippen LogP contribution in [-0.2, 0) is 26.2 Å². The first-order valence-corrected chi connectivity index (χ1v) is 14.7. The van der Waals surface area contributed by atoms with Crippen LogP contribution in [0.1, 0.15) is 56.6 Å². The second-order valence-electron chi connectivity index (χ2n) is 9.75. The standard InChI is InChI=1S/C28H39N3O5S/c1-5-26(28(33)29-23-10-7-6-8-11-23)30(19-22-16-14-21(2)15-17-22)27(32)20-31(37(4,34)35)24-12-9-13-25(18-24)36-3/h9,12-18,23,26H,5-8,10-11,19-20H2,1-4H3,(H,29,33). The van der Waals surface area contributed by atoms with Crippen LogP contribution in [0.15, 0.2) is 48.5 Å². The molecule has 1 aliphatic carbocycles. The smallest absolute Gasteiger partial charge is 0.244 e. The third kappa shape index (κ3) is 7.95. The number of amides is 2. The molecular formula is C28H39N3O5S. The summed E-state index contributed by atoms with van der Waals surface area (Å²) in [5.74, 6) is -0.157. The highest BCUT2D eigenvalue weighted by Crippen LogP contribution is 2.24. The lowest BCUT2D eigenvalue weighted by Crippen LogP contribution is -2.53. The Hall–Kier alpha value is -3.07. The van der Waals surface area contributed by atoms with E-state index in [1.165, 1.54) is 18.4 Å². The van der Waals surface area contributed by atoms with Gasteiger partial charge in [-0.15, -0.1) is 0 Å². The Kier molecular flexibility index (Phi) is 9.97. The van der Waals surface area contributed by atoms with Gasteiger partial charge < -0.3 is 15.0 Å². The van der Waals surface area contributed by atoms with Crippen LogP contribution in [0.2, 0.25) is 0 Å². The number of nitrogens with one attached hydrogen (secondary N) is 1. The van der Waals surface area contributed by atoms with Crippen LogP contribution < -0.4 is 14.4 Å². The van der Waals surface area contributed by atoms with E-state index in [-0.39, 0.29) is 18.5 Å². The van der Waals surface area contributed by atoms with E-state index in [0.29, 0.717) is 17.9 Å². The van der Waals surface area contributed by atoms with Gasteiger partial charge in [0.1, 0.15) is 18.3 Å². The Morgan fingerprint density at radius 1 is 1.08 bits per heavy atom. The number of nitrogens with zero attached hydrogens (tertiary/aromatic N) is 2. The van der Waals surface area contributed by atoms with Gasteiger partial charge in [0.2, 0.25) is 21.8 Å². The van der Waals surface area contributed by atoms with Crippen LogP contribution >= 0.6 is 0 Å². The molecule has 0 radical (unpaired) electrons. The molecule has 202 valence electrons. The first-order chi connectivity index (χ1) is 17.6. The number of ether oxygens (including phenoxy) is 1. The molecule has 0 heterocycles. The second kappa shape index (κ2) is 12.9. The first kappa shape index (κ1) is 28.5. The number of rotatable bonds is 11. The van der Waals surface area contributed by atoms with Crippen LogP contribution in [0, 0.1) is 6.92 Å². The van der Waals surface area contributed by atoms with Crippen LogP contribution in [0.25, 0.3) is 0 Å². The van der Waals surface area contributed by atoms with Crippen LogP contribution in [0.4, 0.5) is 5.69 Å². The summed E-state index contributed by atoms with van der Waals surface area (Å²) in [4.78, 5) is 28.7. The Labute approximate surface area is 221 Å². The molecule has 1 saturated carbocycles. The SMILES string of the molecule is CCC(C(=O)NC1CCCCC1)N(Cc1ccc(C)cc1)C(=O)CN(c1cccc(OC)c1)S(C)(=O)=O. The zero-order valence-electron chi connectivity index (χ0n) is 22.3. The molecule has 8 nitrogen and oxygen atoms in total. The van der Waals surface area contributed by atoms with Gasteiger partial charge in [0.15, 0.2) is 0 Å². The summed E-state index contributed by atoms with van der Waals surface area (Å²) in [6, 6.07) is 13.7. The van der Waals surface area contributed by atoms with Crippen molar-refractivity contribution < 1.29 is 22.7 Å². The fraction of sp³-hybridized carbons (Fsp3) is 0.500. The maximum Gasteiger partial charge on any atom is 0.244 e. The number of hydrogen-bond acceptors (Lipinski definition) is 5. The Morgan fingerprint density at radius 3 is 2.35 bits per heavy atom. The summed E-state index contributed by atoms with van der Waals surface area (Å²) in [5.41, 5.74) is 2.28. The fourth-order valence-electron chi connectivity index (χ4n) is 4.73. The number of benzene rings is 2. The minimum atomic E-state index is -3.80. The highest BCUT2D eigenvalue weighted by molar-refractivity contribution is 7.92. The van der Waals surface area contributed by atoms with Crippen molar-refractivity contribution in [1.29, 1.82) is 0 Å². The number of carbonyl (C=O) groups is 2. The summed E-state index contributed by atoms with van der Waals surface area (Å²) in [6.07, 6.45) is 6.69. The molecular weight excluding hydrogens is 490 g/mol. The van der Waals surface area contributed by atoms with E-state index in [9.17, 15) is 18.0 Å². The molecule has 9 heteroatoms. The molecule has 2 aromatic rings. The minimum Gasteiger partial charge on any atom is -0.497 e. The van der Waals surface area contributed by atoms with Crippen molar-refractivity contribution in [2.75, 3.05) is 24.2 Å². The largest absolute Gasteiger partial charge is 0.497 e. The lowest BCUT2D eigenvalue weighted by Gasteiger charge is -2.34. The summed E-state index contributed by atoms with van der Waals surface area (Å²) in [6.45, 7) is 3.63. The zero-order chi connectivity index (χ0) is 27.0. The van der Waals surface area contributed by atoms with Crippen molar-refractivity contribution in [3.05, 3.63) is 59.7 Å². The Bertz CT molecular complexity index is 1160. The minimum absolute atomic E-state index is 0.107. The molecule has 2 amide bonds. The number of sulfonamides is 1. The van der Waals surface area contributed by atoms with Crippen LogP contribution in [-0.4, -0.2) is 57.1 Å². The van der Waals surface area contributed by atoms with Crippen molar-refractivity contribution in [3.63, 3.8) is 0 Å². The summed E-state index contributed by atoms with van der Waals surface area (Å²) in [7, 11) is -2.30. The highest BCUT2D eigenvalue weighted by atomic mass is 32.2. The van der Waals surface area contributed by atoms with E-state index in [1.54, 1.807) is 24.3 Å². The molecule has 0 aliphatic heterocycles. The molecule has 37 heavy (non-hydrogen) atoms. The van der Waals surface area contributed by atoms with Crippen molar-refractivity contribution in [3.8, 4) is 5.75 Å². The van der Waals surface area contributed by atoms with E-state index < -0.39 is 28.5 Å². The monoisotopic (exact) mass is 529 g/mol. The number of methoxy groups -OCH3 is 1. The lowest BCUT2D eigenvalue weighted by molar-refractivity contribution is -0.140. The predicted octanol–water partition coefficient (Wildman–Crippen LogP) is 4.03. The van der Waals surface area contributed by atoms with E-state index in [4.69, 9.17) is 4.74 Å². The normalized spacial score (nSPS) is 15.0. The van der Waals surface area contributed by atoms with Crippen molar-refractivity contribution >= 4 is 27.5 Å². The van der Waals surface area contributed by atoms with Gasteiger partial charge in [0.25, 0.3) is 0 Å². The fourth-order valence-corrected chi connectivity index (χ4v) is 5.57. The molecule has 3 rings (SSSR count). The van der Waals surface area contributed by atoms with Gasteiger partial charge >= 0.3 is 0 Å². The second-order valence-corrected chi connectivity index (χ2v) is 11.7. The number of aryl methyl sites for hydroxylation is 1. The number of hydrogen-bond donors (Lipinski definition) is 1. The molecule has 0 spiro atoms. The Morgan fingerprint density at radius 2 is 1.76 bits per heavy atom. The van der Waals surface area contributed by atoms with Crippen molar-refractivity contribution in [2.24, 2.45) is 0 Å². The topological polar surface area (TPSA) is 96.0 Å². The molecule has 1 aliphatic rings. The third-order valence-corrected chi connectivity index (χ3v) is 7.97. The van der Waals surface area contributed by atoms with Crippen LogP contribution in [0.3, 0.4) is 0 Å². The molecule has 2 aromatic carbocycles. The van der Waals surface area contributed by atoms with Gasteiger partial charge in [-0.3, -0.25) is 13.9 Å². The van der Waals surface area contributed by atoms with Gasteiger partial charge in [-0.25, -0.2) is 8.42 Å². The van der Waals surface area contributed by atoms with Gasteiger partial charge in [-0.2, -0.15) is 0 Å². The van der Waals surface area contributed by atoms with E-state index >= 15 is 0 Å². The molecule has 1 N–H and O–H groups in total. The molecule has 0 aromatic heterocycles. The summed E-state index contributed by atoms with van der Waals surface area (Å²) in [5, 5.41) is 3.15. The lowest BCUT2D eigenvalue weighted by atomic mass is 9.95. The van der Waals surface area contributed by atoms with Crippen molar-refractivity contribution in [2.45, 2.75) is 71.0 Å². The quantitative estimate of drug-likeness (QED) is 0.474. The van der Waals surface area contributed by atoms with Gasteiger partial charge in [-0.05, 0) is 43.9 Å². The average molecular weight is 530 g/mol. The number of carbonyl (C=O) groups excluding carboxylic acids is 2. The van der Waals surface area contributed by atoms with E-state index in [1.807, 2.05) is 38.1 Å². The molecule has 1 fully saturated rings. The highest BCUT2D eigenvalue weighted by Gasteiger charge is 2.32. The average Bonchev–Trinajstić information content (AvgIpc) is 2.88. The summed E-state index contributed by atoms with van der Waals surface area (Å²) >= 11 is 0. The van der Waals surface area contributed by atoms with Gasteiger partial charge in [0.05, 0.1) is 19.1 Å². The zero-order valence-corrected chi connectivity index (χ0v) is 23.1.